The molecule has 0 bridgehead atoms. The largest absolute Gasteiger partial charge is 0.342 e. The minimum atomic E-state index is 0.203. The summed E-state index contributed by atoms with van der Waals surface area (Å²) < 4.78 is 0. The van der Waals surface area contributed by atoms with E-state index in [1.165, 1.54) is 0 Å². The molecule has 3 nitrogen and oxygen atoms in total. The van der Waals surface area contributed by atoms with E-state index in [0.717, 1.165) is 36.6 Å². The molecule has 0 aliphatic heterocycles. The molecule has 1 rings (SSSR count). The Bertz CT molecular complexity index is 330. The summed E-state index contributed by atoms with van der Waals surface area (Å²) in [5, 5.41) is 3.00. The molecule has 0 radical (unpaired) electrons. The number of carbonyl (C=O) groups excluding carboxylic acids is 1. The quantitative estimate of drug-likeness (QED) is 0.766. The van der Waals surface area contributed by atoms with Crippen LogP contribution in [-0.4, -0.2) is 28.9 Å². The molecule has 0 spiro atoms. The molecule has 0 aliphatic carbocycles. The van der Waals surface area contributed by atoms with Gasteiger partial charge < -0.3 is 4.90 Å². The lowest BCUT2D eigenvalue weighted by Crippen LogP contribution is -2.33. The molecule has 16 heavy (non-hydrogen) atoms. The fraction of sp³-hybridized carbons (Fsp3) is 0.667. The van der Waals surface area contributed by atoms with Gasteiger partial charge in [0.05, 0.1) is 17.1 Å². The molecular weight excluding hydrogens is 220 g/mol. The topological polar surface area (TPSA) is 33.2 Å². The highest BCUT2D eigenvalue weighted by atomic mass is 32.1. The van der Waals surface area contributed by atoms with E-state index in [0.29, 0.717) is 6.42 Å². The number of nitrogens with zero attached hydrogens (tertiary/aromatic N) is 2. The minimum Gasteiger partial charge on any atom is -0.342 e. The van der Waals surface area contributed by atoms with Crippen LogP contribution in [0.3, 0.4) is 0 Å². The Morgan fingerprint density at radius 3 is 2.44 bits per heavy atom. The third kappa shape index (κ3) is 3.93. The zero-order valence-corrected chi connectivity index (χ0v) is 11.1. The van der Waals surface area contributed by atoms with Crippen LogP contribution in [0.1, 0.15) is 37.4 Å². The van der Waals surface area contributed by atoms with Gasteiger partial charge in [-0.15, -0.1) is 11.3 Å². The third-order valence-corrected chi connectivity index (χ3v) is 3.16. The molecule has 1 aromatic heterocycles. The zero-order valence-electron chi connectivity index (χ0n) is 10.3. The van der Waals surface area contributed by atoms with Crippen LogP contribution in [0.5, 0.6) is 0 Å². The van der Waals surface area contributed by atoms with Gasteiger partial charge in [0.1, 0.15) is 0 Å². The molecule has 1 aromatic rings. The highest BCUT2D eigenvalue weighted by molar-refractivity contribution is 7.09. The molecule has 1 amide bonds. The number of carbonyl (C=O) groups is 1. The summed E-state index contributed by atoms with van der Waals surface area (Å²) in [4.78, 5) is 18.3. The van der Waals surface area contributed by atoms with Crippen molar-refractivity contribution in [3.05, 3.63) is 16.1 Å². The highest BCUT2D eigenvalue weighted by Crippen LogP contribution is 2.10. The van der Waals surface area contributed by atoms with Crippen LogP contribution in [0.15, 0.2) is 5.38 Å². The van der Waals surface area contributed by atoms with Crippen LogP contribution in [-0.2, 0) is 11.2 Å². The van der Waals surface area contributed by atoms with Crippen molar-refractivity contribution in [2.24, 2.45) is 0 Å². The molecular formula is C12H20N2OS. The van der Waals surface area contributed by atoms with E-state index in [-0.39, 0.29) is 5.91 Å². The van der Waals surface area contributed by atoms with E-state index in [9.17, 15) is 4.79 Å². The SMILES string of the molecule is CCCN(CCC)C(=O)Cc1csc(C)n1. The van der Waals surface area contributed by atoms with Gasteiger partial charge in [0.15, 0.2) is 0 Å². The maximum Gasteiger partial charge on any atom is 0.228 e. The van der Waals surface area contributed by atoms with Gasteiger partial charge >= 0.3 is 0 Å². The molecule has 0 aliphatic rings. The fourth-order valence-corrected chi connectivity index (χ4v) is 2.27. The Morgan fingerprint density at radius 1 is 1.38 bits per heavy atom. The number of rotatable bonds is 6. The second-order valence-corrected chi connectivity index (χ2v) is 4.98. The predicted octanol–water partition coefficient (Wildman–Crippen LogP) is 2.64. The summed E-state index contributed by atoms with van der Waals surface area (Å²) in [7, 11) is 0. The van der Waals surface area contributed by atoms with Gasteiger partial charge in [0.25, 0.3) is 0 Å². The molecule has 90 valence electrons. The lowest BCUT2D eigenvalue weighted by Gasteiger charge is -2.20. The van der Waals surface area contributed by atoms with Crippen molar-refractivity contribution in [3.8, 4) is 0 Å². The highest BCUT2D eigenvalue weighted by Gasteiger charge is 2.13. The first-order valence-electron chi connectivity index (χ1n) is 5.86. The van der Waals surface area contributed by atoms with E-state index < -0.39 is 0 Å². The molecule has 0 N–H and O–H groups in total. The first-order valence-corrected chi connectivity index (χ1v) is 6.74. The average molecular weight is 240 g/mol. The molecule has 0 atom stereocenters. The van der Waals surface area contributed by atoms with Crippen LogP contribution in [0.25, 0.3) is 0 Å². The summed E-state index contributed by atoms with van der Waals surface area (Å²) in [5.41, 5.74) is 0.907. The average Bonchev–Trinajstić information content (AvgIpc) is 2.63. The molecule has 0 aromatic carbocycles. The van der Waals surface area contributed by atoms with E-state index >= 15 is 0 Å². The van der Waals surface area contributed by atoms with Crippen molar-refractivity contribution in [1.82, 2.24) is 9.88 Å². The normalized spacial score (nSPS) is 10.4. The number of amides is 1. The predicted molar refractivity (Wildman–Crippen MR) is 67.7 cm³/mol. The molecule has 0 saturated heterocycles. The summed E-state index contributed by atoms with van der Waals surface area (Å²) >= 11 is 1.60. The van der Waals surface area contributed by atoms with Gasteiger partial charge in [-0.2, -0.15) is 0 Å². The molecule has 0 fully saturated rings. The first kappa shape index (κ1) is 13.2. The molecule has 0 unspecified atom stereocenters. The van der Waals surface area contributed by atoms with Gasteiger partial charge in [0, 0.05) is 18.5 Å². The number of hydrogen-bond acceptors (Lipinski definition) is 3. The summed E-state index contributed by atoms with van der Waals surface area (Å²) in [6.45, 7) is 7.88. The zero-order chi connectivity index (χ0) is 12.0. The van der Waals surface area contributed by atoms with Crippen molar-refractivity contribution < 1.29 is 4.79 Å². The number of aromatic nitrogens is 1. The van der Waals surface area contributed by atoms with Crippen LogP contribution in [0.4, 0.5) is 0 Å². The maximum absolute atomic E-state index is 12.0. The van der Waals surface area contributed by atoms with Gasteiger partial charge in [0.2, 0.25) is 5.91 Å². The van der Waals surface area contributed by atoms with E-state index in [4.69, 9.17) is 0 Å². The first-order chi connectivity index (χ1) is 7.67. The number of aryl methyl sites for hydroxylation is 1. The fourth-order valence-electron chi connectivity index (χ4n) is 1.66. The van der Waals surface area contributed by atoms with Crippen LogP contribution < -0.4 is 0 Å². The Morgan fingerprint density at radius 2 is 2.00 bits per heavy atom. The van der Waals surface area contributed by atoms with Crippen molar-refractivity contribution >= 4 is 17.2 Å². The smallest absolute Gasteiger partial charge is 0.228 e. The van der Waals surface area contributed by atoms with Crippen LogP contribution in [0, 0.1) is 6.92 Å². The van der Waals surface area contributed by atoms with Crippen LogP contribution in [0.2, 0.25) is 0 Å². The second-order valence-electron chi connectivity index (χ2n) is 3.92. The summed E-state index contributed by atoms with van der Waals surface area (Å²) in [6, 6.07) is 0. The number of hydrogen-bond donors (Lipinski definition) is 0. The summed E-state index contributed by atoms with van der Waals surface area (Å²) in [5.74, 6) is 0.203. The number of thiazole rings is 1. The van der Waals surface area contributed by atoms with Crippen LogP contribution >= 0.6 is 11.3 Å². The third-order valence-electron chi connectivity index (χ3n) is 2.34. The molecule has 4 heteroatoms. The van der Waals surface area contributed by atoms with Crippen molar-refractivity contribution in [3.63, 3.8) is 0 Å². The summed E-state index contributed by atoms with van der Waals surface area (Å²) in [6.07, 6.45) is 2.48. The van der Waals surface area contributed by atoms with Gasteiger partial charge in [-0.3, -0.25) is 4.79 Å². The van der Waals surface area contributed by atoms with Gasteiger partial charge in [-0.05, 0) is 19.8 Å². The monoisotopic (exact) mass is 240 g/mol. The molecule has 0 saturated carbocycles. The lowest BCUT2D eigenvalue weighted by atomic mass is 10.2. The van der Waals surface area contributed by atoms with E-state index in [2.05, 4.69) is 18.8 Å². The van der Waals surface area contributed by atoms with E-state index in [1.54, 1.807) is 11.3 Å². The van der Waals surface area contributed by atoms with E-state index in [1.807, 2.05) is 17.2 Å². The Kier molecular flexibility index (Phi) is 5.46. The lowest BCUT2D eigenvalue weighted by molar-refractivity contribution is -0.130. The molecule has 1 heterocycles. The van der Waals surface area contributed by atoms with Crippen molar-refractivity contribution in [1.29, 1.82) is 0 Å². The standard InChI is InChI=1S/C12H20N2OS/c1-4-6-14(7-5-2)12(15)8-11-9-16-10(3)13-11/h9H,4-8H2,1-3H3. The Labute approximate surface area is 101 Å². The van der Waals surface area contributed by atoms with Gasteiger partial charge in [-0.1, -0.05) is 13.8 Å². The minimum absolute atomic E-state index is 0.203. The Hall–Kier alpha value is -0.900. The maximum atomic E-state index is 12.0. The van der Waals surface area contributed by atoms with Crippen molar-refractivity contribution in [2.75, 3.05) is 13.1 Å². The Balaban J connectivity index is 2.54. The van der Waals surface area contributed by atoms with Crippen molar-refractivity contribution in [2.45, 2.75) is 40.0 Å². The second kappa shape index (κ2) is 6.63. The van der Waals surface area contributed by atoms with Gasteiger partial charge in [-0.25, -0.2) is 4.98 Å².